The summed E-state index contributed by atoms with van der Waals surface area (Å²) in [5, 5.41) is 28.2. The summed E-state index contributed by atoms with van der Waals surface area (Å²) in [6.45, 7) is 5.23. The normalized spacial score (nSPS) is 17.7. The lowest BCUT2D eigenvalue weighted by atomic mass is 9.92. The molecule has 0 saturated carbocycles. The van der Waals surface area contributed by atoms with Gasteiger partial charge in [0.1, 0.15) is 11.6 Å². The Balaban J connectivity index is 1.17. The van der Waals surface area contributed by atoms with Crippen LogP contribution < -0.4 is 15.5 Å². The zero-order chi connectivity index (χ0) is 25.1. The molecule has 1 fully saturated rings. The quantitative estimate of drug-likeness (QED) is 0.312. The van der Waals surface area contributed by atoms with Gasteiger partial charge in [-0.3, -0.25) is 9.89 Å². The van der Waals surface area contributed by atoms with Crippen LogP contribution in [0.5, 0.6) is 0 Å². The Morgan fingerprint density at radius 1 is 1.19 bits per heavy atom. The lowest BCUT2D eigenvalue weighted by Gasteiger charge is -2.36. The molecule has 1 aliphatic rings. The molecule has 0 unspecified atom stereocenters. The number of aryl methyl sites for hydroxylation is 2. The predicted octanol–water partition coefficient (Wildman–Crippen LogP) is 2.25. The van der Waals surface area contributed by atoms with Gasteiger partial charge in [-0.15, -0.1) is 0 Å². The number of piperidine rings is 1. The number of β-amino-alcohol motifs (C(OH)–C–C–N with tert-alkyl or cyclic N) is 1. The third kappa shape index (κ3) is 5.36. The van der Waals surface area contributed by atoms with Gasteiger partial charge in [-0.2, -0.15) is 10.2 Å². The van der Waals surface area contributed by atoms with Crippen molar-refractivity contribution in [3.63, 3.8) is 0 Å². The van der Waals surface area contributed by atoms with E-state index in [1.54, 1.807) is 17.1 Å². The number of anilines is 3. The molecular weight excluding hydrogens is 458 g/mol. The van der Waals surface area contributed by atoms with Gasteiger partial charge in [0.05, 0.1) is 12.0 Å². The van der Waals surface area contributed by atoms with Crippen LogP contribution in [0.1, 0.15) is 23.2 Å². The molecule has 1 aliphatic heterocycles. The molecule has 2 atom stereocenters. The fraction of sp³-hybridized carbons (Fsp3) is 0.320. The molecule has 5 rings (SSSR count). The first kappa shape index (κ1) is 23.5. The van der Waals surface area contributed by atoms with Crippen molar-refractivity contribution < 1.29 is 9.90 Å². The molecule has 11 nitrogen and oxygen atoms in total. The number of hydrogen-bond acceptors (Lipinski definition) is 8. The Bertz CT molecular complexity index is 1320. The number of aliphatic hydroxyl groups is 1. The maximum atomic E-state index is 12.8. The van der Waals surface area contributed by atoms with E-state index in [1.165, 1.54) is 0 Å². The minimum absolute atomic E-state index is 0.160. The number of aromatic amines is 1. The first-order valence-electron chi connectivity index (χ1n) is 11.9. The molecule has 0 aliphatic carbocycles. The molecule has 36 heavy (non-hydrogen) atoms. The molecular formula is C25H29N9O2. The number of hydrogen-bond donors (Lipinski definition) is 4. The van der Waals surface area contributed by atoms with E-state index >= 15 is 0 Å². The van der Waals surface area contributed by atoms with Crippen molar-refractivity contribution in [3.05, 3.63) is 71.8 Å². The number of nitrogens with zero attached hydrogens (tertiary/aromatic N) is 6. The molecule has 186 valence electrons. The molecule has 4 aromatic heterocycles. The molecule has 4 aromatic rings. The summed E-state index contributed by atoms with van der Waals surface area (Å²) in [6, 6.07) is 11.4. The number of carbonyl (C=O) groups is 1. The van der Waals surface area contributed by atoms with Crippen molar-refractivity contribution in [1.82, 2.24) is 35.3 Å². The Labute approximate surface area is 208 Å². The third-order valence-corrected chi connectivity index (χ3v) is 6.18. The monoisotopic (exact) mass is 487 g/mol. The van der Waals surface area contributed by atoms with Gasteiger partial charge in [0.2, 0.25) is 5.91 Å². The fourth-order valence-corrected chi connectivity index (χ4v) is 4.32. The Morgan fingerprint density at radius 2 is 2.08 bits per heavy atom. The van der Waals surface area contributed by atoms with Crippen molar-refractivity contribution in [1.29, 1.82) is 0 Å². The second-order valence-corrected chi connectivity index (χ2v) is 9.05. The van der Waals surface area contributed by atoms with Crippen LogP contribution in [0, 0.1) is 19.8 Å². The van der Waals surface area contributed by atoms with Crippen molar-refractivity contribution in [3.8, 4) is 5.82 Å². The number of carbonyl (C=O) groups excluding carboxylic acids is 1. The van der Waals surface area contributed by atoms with E-state index in [0.717, 1.165) is 22.6 Å². The molecule has 0 spiro atoms. The van der Waals surface area contributed by atoms with Gasteiger partial charge in [-0.1, -0.05) is 6.07 Å². The highest BCUT2D eigenvalue weighted by Crippen LogP contribution is 2.26. The average Bonchev–Trinajstić information content (AvgIpc) is 3.54. The molecule has 5 heterocycles. The van der Waals surface area contributed by atoms with Crippen molar-refractivity contribution in [2.75, 3.05) is 23.3 Å². The number of amides is 1. The first-order valence-corrected chi connectivity index (χ1v) is 11.9. The van der Waals surface area contributed by atoms with Gasteiger partial charge in [0.25, 0.3) is 0 Å². The summed E-state index contributed by atoms with van der Waals surface area (Å²) >= 11 is 0. The minimum Gasteiger partial charge on any atom is -0.390 e. The van der Waals surface area contributed by atoms with Crippen LogP contribution in [0.2, 0.25) is 0 Å². The Hall–Kier alpha value is -4.25. The van der Waals surface area contributed by atoms with Crippen molar-refractivity contribution in [2.24, 2.45) is 5.92 Å². The summed E-state index contributed by atoms with van der Waals surface area (Å²) < 4.78 is 1.67. The van der Waals surface area contributed by atoms with Crippen LogP contribution in [-0.2, 0) is 11.3 Å². The van der Waals surface area contributed by atoms with Crippen LogP contribution in [-0.4, -0.2) is 60.2 Å². The summed E-state index contributed by atoms with van der Waals surface area (Å²) in [6.07, 6.45) is 4.96. The number of H-pyrrole nitrogens is 1. The van der Waals surface area contributed by atoms with Crippen LogP contribution in [0.3, 0.4) is 0 Å². The number of pyridine rings is 2. The summed E-state index contributed by atoms with van der Waals surface area (Å²) in [5.41, 5.74) is 2.87. The van der Waals surface area contributed by atoms with Gasteiger partial charge < -0.3 is 20.6 Å². The maximum Gasteiger partial charge on any atom is 0.226 e. The van der Waals surface area contributed by atoms with E-state index in [2.05, 4.69) is 30.9 Å². The highest BCUT2D eigenvalue weighted by atomic mass is 16.3. The molecule has 0 radical (unpaired) electrons. The lowest BCUT2D eigenvalue weighted by Crippen LogP contribution is -2.49. The maximum absolute atomic E-state index is 12.8. The van der Waals surface area contributed by atoms with Gasteiger partial charge in [0.15, 0.2) is 11.6 Å². The average molecular weight is 488 g/mol. The zero-order valence-corrected chi connectivity index (χ0v) is 20.2. The number of aliphatic hydroxyl groups excluding tert-OH is 1. The zero-order valence-electron chi connectivity index (χ0n) is 20.2. The molecule has 0 bridgehead atoms. The molecule has 4 N–H and O–H groups in total. The standard InChI is InChI=1S/C25H29N9O2/c1-16-10-21(29-22-12-17(2)31-32-22)30-24(11-16)33-9-6-19(20(35)15-33)25(36)27-14-18-4-5-23(26-13-18)34-8-3-7-28-34/h3-5,7-8,10-13,19-20,35H,6,9,14-15H2,1-2H3,(H,27,36)(H2,29,30,31,32)/t19-,20+/m0/s1. The number of rotatable bonds is 7. The first-order chi connectivity index (χ1) is 17.4. The molecule has 1 saturated heterocycles. The van der Waals surface area contributed by atoms with Gasteiger partial charge in [-0.25, -0.2) is 14.6 Å². The summed E-state index contributed by atoms with van der Waals surface area (Å²) in [5.74, 6) is 2.20. The lowest BCUT2D eigenvalue weighted by molar-refractivity contribution is -0.129. The summed E-state index contributed by atoms with van der Waals surface area (Å²) in [4.78, 5) is 23.9. The smallest absolute Gasteiger partial charge is 0.226 e. The van der Waals surface area contributed by atoms with Gasteiger partial charge in [-0.05, 0) is 55.7 Å². The van der Waals surface area contributed by atoms with Gasteiger partial charge >= 0.3 is 0 Å². The second-order valence-electron chi connectivity index (χ2n) is 9.05. The van der Waals surface area contributed by atoms with E-state index in [9.17, 15) is 9.90 Å². The number of aromatic nitrogens is 6. The van der Waals surface area contributed by atoms with E-state index in [1.807, 2.05) is 61.3 Å². The van der Waals surface area contributed by atoms with E-state index in [0.29, 0.717) is 43.5 Å². The van der Waals surface area contributed by atoms with E-state index in [4.69, 9.17) is 4.98 Å². The van der Waals surface area contributed by atoms with Gasteiger partial charge in [0, 0.05) is 50.0 Å². The summed E-state index contributed by atoms with van der Waals surface area (Å²) in [7, 11) is 0. The van der Waals surface area contributed by atoms with Crippen LogP contribution in [0.25, 0.3) is 5.82 Å². The van der Waals surface area contributed by atoms with Crippen LogP contribution >= 0.6 is 0 Å². The highest BCUT2D eigenvalue weighted by Gasteiger charge is 2.33. The Kier molecular flexibility index (Phi) is 6.63. The largest absolute Gasteiger partial charge is 0.390 e. The molecule has 11 heteroatoms. The topological polar surface area (TPSA) is 137 Å². The van der Waals surface area contributed by atoms with E-state index in [-0.39, 0.29) is 5.91 Å². The predicted molar refractivity (Wildman–Crippen MR) is 135 cm³/mol. The van der Waals surface area contributed by atoms with Crippen LogP contribution in [0.15, 0.2) is 55.0 Å². The third-order valence-electron chi connectivity index (χ3n) is 6.18. The fourth-order valence-electron chi connectivity index (χ4n) is 4.32. The van der Waals surface area contributed by atoms with Crippen molar-refractivity contribution in [2.45, 2.75) is 32.9 Å². The van der Waals surface area contributed by atoms with Crippen molar-refractivity contribution >= 4 is 23.4 Å². The van der Waals surface area contributed by atoms with E-state index < -0.39 is 12.0 Å². The Morgan fingerprint density at radius 3 is 2.78 bits per heavy atom. The highest BCUT2D eigenvalue weighted by molar-refractivity contribution is 5.79. The molecule has 0 aromatic carbocycles. The SMILES string of the molecule is Cc1cc(Nc2cc(C)[nH]n2)nc(N2CC[C@H](C(=O)NCc3ccc(-n4cccn4)nc3)[C@H](O)C2)c1. The second kappa shape index (κ2) is 10.2. The number of nitrogens with one attached hydrogen (secondary N) is 3. The minimum atomic E-state index is -0.799. The van der Waals surface area contributed by atoms with Crippen LogP contribution in [0.4, 0.5) is 17.5 Å². The molecule has 1 amide bonds.